The third-order valence-electron chi connectivity index (χ3n) is 6.72. The second-order valence-corrected chi connectivity index (χ2v) is 13.6. The number of nitrogens with zero attached hydrogens (tertiary/aromatic N) is 1. The Morgan fingerprint density at radius 3 is 1.92 bits per heavy atom. The van der Waals surface area contributed by atoms with Gasteiger partial charge < -0.3 is 15.5 Å². The van der Waals surface area contributed by atoms with Crippen molar-refractivity contribution in [3.63, 3.8) is 0 Å². The van der Waals surface area contributed by atoms with Gasteiger partial charge in [-0.15, -0.1) is 0 Å². The van der Waals surface area contributed by atoms with Crippen molar-refractivity contribution >= 4 is 27.7 Å². The number of nitrogens with one attached hydrogen (secondary N) is 3. The highest BCUT2D eigenvalue weighted by Gasteiger charge is 2.41. The summed E-state index contributed by atoms with van der Waals surface area (Å²) in [5.41, 5.74) is -0.0300. The van der Waals surface area contributed by atoms with Crippen LogP contribution in [0.25, 0.3) is 0 Å². The number of likely N-dealkylation sites (N-methyl/N-ethyl adjacent to an activating group) is 2. The number of sulfonamides is 1. The lowest BCUT2D eigenvalue weighted by molar-refractivity contribution is -0.140. The van der Waals surface area contributed by atoms with E-state index < -0.39 is 44.9 Å². The molecule has 0 unspecified atom stereocenters. The molecule has 0 radical (unpaired) electrons. The SMILES string of the molecule is CN[C@H](C(=O)N[C@H](C(=O)N(C)[C@H](C=C(C)C(=O)NS(C)(=O)=O)C(C)C)C(C)(C)C)C(C)(C)c1ccccc1. The minimum absolute atomic E-state index is 0.0941. The Morgan fingerprint density at radius 2 is 1.50 bits per heavy atom. The molecule has 3 atom stereocenters. The number of amides is 3. The third kappa shape index (κ3) is 8.94. The average Bonchev–Trinajstić information content (AvgIpc) is 2.78. The lowest BCUT2D eigenvalue weighted by atomic mass is 9.76. The monoisotopic (exact) mass is 550 g/mol. The van der Waals surface area contributed by atoms with Gasteiger partial charge in [0.1, 0.15) is 6.04 Å². The molecular weight excluding hydrogens is 504 g/mol. The van der Waals surface area contributed by atoms with Crippen molar-refractivity contribution in [1.29, 1.82) is 0 Å². The Hall–Kier alpha value is -2.72. The van der Waals surface area contributed by atoms with Crippen molar-refractivity contribution in [3.05, 3.63) is 47.5 Å². The fourth-order valence-corrected chi connectivity index (χ4v) is 4.91. The number of benzene rings is 1. The molecule has 3 amide bonds. The summed E-state index contributed by atoms with van der Waals surface area (Å²) in [5, 5.41) is 6.12. The summed E-state index contributed by atoms with van der Waals surface area (Å²) < 4.78 is 24.9. The van der Waals surface area contributed by atoms with Crippen LogP contribution in [-0.4, -0.2) is 69.5 Å². The fourth-order valence-electron chi connectivity index (χ4n) is 4.41. The zero-order chi connectivity index (χ0) is 29.6. The molecule has 0 bridgehead atoms. The van der Waals surface area contributed by atoms with Gasteiger partial charge in [-0.1, -0.05) is 84.9 Å². The highest BCUT2D eigenvalue weighted by atomic mass is 32.2. The Balaban J connectivity index is 3.31. The van der Waals surface area contributed by atoms with Gasteiger partial charge in [0.05, 0.1) is 18.3 Å². The number of carbonyl (C=O) groups is 3. The van der Waals surface area contributed by atoms with Crippen molar-refractivity contribution in [3.8, 4) is 0 Å². The molecule has 0 spiro atoms. The van der Waals surface area contributed by atoms with Crippen molar-refractivity contribution in [1.82, 2.24) is 20.3 Å². The fraction of sp³-hybridized carbons (Fsp3) is 0.607. The molecule has 0 aliphatic carbocycles. The molecule has 1 aromatic carbocycles. The van der Waals surface area contributed by atoms with Crippen molar-refractivity contribution < 1.29 is 22.8 Å². The molecule has 0 fully saturated rings. The Labute approximate surface area is 228 Å². The van der Waals surface area contributed by atoms with E-state index in [0.717, 1.165) is 11.8 Å². The van der Waals surface area contributed by atoms with E-state index in [1.165, 1.54) is 11.8 Å². The highest BCUT2D eigenvalue weighted by Crippen LogP contribution is 2.29. The lowest BCUT2D eigenvalue weighted by Crippen LogP contribution is -2.61. The second kappa shape index (κ2) is 12.9. The Kier molecular flexibility index (Phi) is 11.3. The maximum absolute atomic E-state index is 13.8. The lowest BCUT2D eigenvalue weighted by Gasteiger charge is -2.40. The smallest absolute Gasteiger partial charge is 0.260 e. The Morgan fingerprint density at radius 1 is 0.974 bits per heavy atom. The predicted molar refractivity (Wildman–Crippen MR) is 152 cm³/mol. The van der Waals surface area contributed by atoms with E-state index >= 15 is 0 Å². The first kappa shape index (κ1) is 33.3. The van der Waals surface area contributed by atoms with Crippen LogP contribution in [0.4, 0.5) is 0 Å². The molecule has 1 rings (SSSR count). The molecule has 0 saturated heterocycles. The molecule has 0 saturated carbocycles. The summed E-state index contributed by atoms with van der Waals surface area (Å²) >= 11 is 0. The van der Waals surface area contributed by atoms with E-state index in [1.807, 2.05) is 83.5 Å². The summed E-state index contributed by atoms with van der Waals surface area (Å²) in [5.74, 6) is -1.46. The molecule has 9 nitrogen and oxygen atoms in total. The van der Waals surface area contributed by atoms with Crippen molar-refractivity contribution in [2.24, 2.45) is 11.3 Å². The van der Waals surface area contributed by atoms with Crippen LogP contribution in [0.3, 0.4) is 0 Å². The molecule has 0 heterocycles. The molecule has 1 aromatic rings. The highest BCUT2D eigenvalue weighted by molar-refractivity contribution is 7.89. The van der Waals surface area contributed by atoms with Crippen LogP contribution in [0.15, 0.2) is 42.0 Å². The van der Waals surface area contributed by atoms with Gasteiger partial charge in [0.15, 0.2) is 0 Å². The largest absolute Gasteiger partial charge is 0.342 e. The third-order valence-corrected chi connectivity index (χ3v) is 7.28. The quantitative estimate of drug-likeness (QED) is 0.364. The minimum Gasteiger partial charge on any atom is -0.342 e. The Bertz CT molecular complexity index is 1120. The first-order valence-corrected chi connectivity index (χ1v) is 14.6. The first-order chi connectivity index (χ1) is 17.2. The molecular formula is C28H46N4O5S. The van der Waals surface area contributed by atoms with Crippen molar-refractivity contribution in [2.75, 3.05) is 20.4 Å². The van der Waals surface area contributed by atoms with Crippen LogP contribution in [0.5, 0.6) is 0 Å². The average molecular weight is 551 g/mol. The molecule has 10 heteroatoms. The summed E-state index contributed by atoms with van der Waals surface area (Å²) in [6.45, 7) is 14.9. The van der Waals surface area contributed by atoms with Gasteiger partial charge in [-0.05, 0) is 30.9 Å². The molecule has 0 aromatic heterocycles. The second-order valence-electron chi connectivity index (χ2n) is 11.9. The van der Waals surface area contributed by atoms with E-state index in [9.17, 15) is 22.8 Å². The molecule has 0 aliphatic heterocycles. The van der Waals surface area contributed by atoms with Crippen LogP contribution in [0, 0.1) is 11.3 Å². The summed E-state index contributed by atoms with van der Waals surface area (Å²) in [4.78, 5) is 41.3. The zero-order valence-corrected chi connectivity index (χ0v) is 25.5. The van der Waals surface area contributed by atoms with Gasteiger partial charge in [0, 0.05) is 18.0 Å². The van der Waals surface area contributed by atoms with E-state index in [0.29, 0.717) is 0 Å². The van der Waals surface area contributed by atoms with Gasteiger partial charge in [-0.3, -0.25) is 14.4 Å². The molecule has 214 valence electrons. The van der Waals surface area contributed by atoms with E-state index in [1.54, 1.807) is 20.2 Å². The van der Waals surface area contributed by atoms with Gasteiger partial charge in [-0.2, -0.15) is 0 Å². The minimum atomic E-state index is -3.72. The predicted octanol–water partition coefficient (Wildman–Crippen LogP) is 2.59. The van der Waals surface area contributed by atoms with Crippen molar-refractivity contribution in [2.45, 2.75) is 78.9 Å². The number of carbonyl (C=O) groups excluding carboxylic acids is 3. The number of rotatable bonds is 11. The van der Waals surface area contributed by atoms with Crippen LogP contribution in [-0.2, 0) is 29.8 Å². The summed E-state index contributed by atoms with van der Waals surface area (Å²) in [7, 11) is -0.379. The van der Waals surface area contributed by atoms with E-state index in [4.69, 9.17) is 0 Å². The molecule has 0 aliphatic rings. The number of hydrogen-bond donors (Lipinski definition) is 3. The number of hydrogen-bond acceptors (Lipinski definition) is 6. The van der Waals surface area contributed by atoms with Gasteiger partial charge in [0.2, 0.25) is 21.8 Å². The van der Waals surface area contributed by atoms with Crippen LogP contribution >= 0.6 is 0 Å². The van der Waals surface area contributed by atoms with Crippen LogP contribution in [0.2, 0.25) is 0 Å². The molecule has 3 N–H and O–H groups in total. The zero-order valence-electron chi connectivity index (χ0n) is 24.7. The molecule has 38 heavy (non-hydrogen) atoms. The summed E-state index contributed by atoms with van der Waals surface area (Å²) in [6, 6.07) is 7.73. The van der Waals surface area contributed by atoms with E-state index in [-0.39, 0.29) is 23.3 Å². The van der Waals surface area contributed by atoms with Gasteiger partial charge >= 0.3 is 0 Å². The standard InChI is InChI=1S/C28H46N4O5S/c1-18(2)21(17-19(3)24(33)31-38(11,36)37)32(10)26(35)23(27(4,5)6)30-25(34)22(29-9)28(7,8)20-15-13-12-14-16-20/h12-18,21-23,29H,1-11H3,(H,30,34)(H,31,33)/t21-,22-,23-/m1/s1. The summed E-state index contributed by atoms with van der Waals surface area (Å²) in [6.07, 6.45) is 2.49. The van der Waals surface area contributed by atoms with E-state index in [2.05, 4.69) is 10.6 Å². The first-order valence-electron chi connectivity index (χ1n) is 12.7. The van der Waals surface area contributed by atoms with Gasteiger partial charge in [-0.25, -0.2) is 13.1 Å². The van der Waals surface area contributed by atoms with Gasteiger partial charge in [0.25, 0.3) is 5.91 Å². The van der Waals surface area contributed by atoms with Crippen LogP contribution < -0.4 is 15.4 Å². The van der Waals surface area contributed by atoms with Crippen LogP contribution in [0.1, 0.15) is 61.0 Å². The maximum atomic E-state index is 13.8. The topological polar surface area (TPSA) is 125 Å². The normalized spacial score (nSPS) is 15.4. The maximum Gasteiger partial charge on any atom is 0.260 e.